The average Bonchev–Trinajstić information content (AvgIpc) is 3.17. The van der Waals surface area contributed by atoms with Crippen LogP contribution >= 0.6 is 23.4 Å². The van der Waals surface area contributed by atoms with Crippen molar-refractivity contribution in [2.24, 2.45) is 7.05 Å². The van der Waals surface area contributed by atoms with E-state index in [-0.39, 0.29) is 16.5 Å². The molecule has 0 spiro atoms. The van der Waals surface area contributed by atoms with Crippen molar-refractivity contribution in [1.29, 1.82) is 0 Å². The van der Waals surface area contributed by atoms with Crippen LogP contribution in [0.4, 0.5) is 10.1 Å². The monoisotopic (exact) mass is 365 g/mol. The number of aromatic nitrogens is 2. The van der Waals surface area contributed by atoms with E-state index in [9.17, 15) is 9.18 Å². The molecule has 0 aliphatic heterocycles. The molecule has 0 bridgehead atoms. The Hall–Kier alpha value is -2.25. The van der Waals surface area contributed by atoms with Crippen LogP contribution in [0.3, 0.4) is 0 Å². The van der Waals surface area contributed by atoms with Gasteiger partial charge in [0, 0.05) is 24.5 Å². The summed E-state index contributed by atoms with van der Waals surface area (Å²) >= 11 is 7.17. The number of carbonyl (C=O) groups is 1. The van der Waals surface area contributed by atoms with Gasteiger partial charge in [-0.1, -0.05) is 23.4 Å². The maximum absolute atomic E-state index is 13.7. The fraction of sp³-hybridized carbons (Fsp3) is 0.125. The van der Waals surface area contributed by atoms with Gasteiger partial charge in [0.25, 0.3) is 5.91 Å². The molecule has 2 heterocycles. The summed E-state index contributed by atoms with van der Waals surface area (Å²) in [5.74, 6) is 0.148. The van der Waals surface area contributed by atoms with Crippen LogP contribution in [0.2, 0.25) is 5.02 Å². The number of benzene rings is 1. The molecular weight excluding hydrogens is 353 g/mol. The zero-order chi connectivity index (χ0) is 17.1. The lowest BCUT2D eigenvalue weighted by Gasteiger charge is -2.05. The summed E-state index contributed by atoms with van der Waals surface area (Å²) in [7, 11) is 1.90. The van der Waals surface area contributed by atoms with E-state index in [1.807, 2.05) is 17.8 Å². The zero-order valence-corrected chi connectivity index (χ0v) is 14.2. The average molecular weight is 366 g/mol. The largest absolute Gasteiger partial charge is 0.455 e. The molecule has 2 aromatic heterocycles. The molecule has 1 N–H and O–H groups in total. The number of nitrogens with one attached hydrogen (secondary N) is 1. The Morgan fingerprint density at radius 2 is 2.25 bits per heavy atom. The van der Waals surface area contributed by atoms with E-state index < -0.39 is 11.7 Å². The van der Waals surface area contributed by atoms with E-state index in [0.29, 0.717) is 11.5 Å². The van der Waals surface area contributed by atoms with Gasteiger partial charge in [0.1, 0.15) is 11.6 Å². The van der Waals surface area contributed by atoms with Crippen LogP contribution in [0, 0.1) is 5.82 Å². The first kappa shape index (κ1) is 16.6. The van der Waals surface area contributed by atoms with Crippen molar-refractivity contribution >= 4 is 35.0 Å². The lowest BCUT2D eigenvalue weighted by atomic mass is 10.3. The van der Waals surface area contributed by atoms with E-state index in [1.165, 1.54) is 23.9 Å². The highest BCUT2D eigenvalue weighted by Crippen LogP contribution is 2.23. The number of rotatable bonds is 5. The summed E-state index contributed by atoms with van der Waals surface area (Å²) in [5, 5.41) is 3.57. The first-order valence-corrected chi connectivity index (χ1v) is 8.34. The number of amides is 1. The molecule has 0 fully saturated rings. The number of thioether (sulfide) groups is 1. The molecule has 0 aliphatic carbocycles. The van der Waals surface area contributed by atoms with Crippen LogP contribution in [-0.2, 0) is 12.8 Å². The van der Waals surface area contributed by atoms with Crippen LogP contribution < -0.4 is 5.32 Å². The van der Waals surface area contributed by atoms with E-state index in [2.05, 4.69) is 10.3 Å². The predicted molar refractivity (Wildman–Crippen MR) is 90.8 cm³/mol. The third kappa shape index (κ3) is 3.80. The van der Waals surface area contributed by atoms with Crippen molar-refractivity contribution < 1.29 is 13.6 Å². The highest BCUT2D eigenvalue weighted by Gasteiger charge is 2.14. The van der Waals surface area contributed by atoms with E-state index in [4.69, 9.17) is 16.0 Å². The summed E-state index contributed by atoms with van der Waals surface area (Å²) < 4.78 is 21.1. The summed E-state index contributed by atoms with van der Waals surface area (Å²) in [6.07, 6.45) is 3.56. The number of furan rings is 1. The molecule has 3 aromatic rings. The molecule has 0 atom stereocenters. The van der Waals surface area contributed by atoms with Gasteiger partial charge in [0.2, 0.25) is 0 Å². The number of carbonyl (C=O) groups excluding carboxylic acids is 1. The number of anilines is 1. The molecule has 5 nitrogen and oxygen atoms in total. The molecule has 0 saturated heterocycles. The lowest BCUT2D eigenvalue weighted by molar-refractivity contribution is 0.0995. The Morgan fingerprint density at radius 3 is 2.96 bits per heavy atom. The van der Waals surface area contributed by atoms with E-state index in [1.54, 1.807) is 18.3 Å². The normalized spacial score (nSPS) is 10.8. The fourth-order valence-corrected chi connectivity index (χ4v) is 2.96. The molecule has 8 heteroatoms. The van der Waals surface area contributed by atoms with Crippen LogP contribution in [0.25, 0.3) is 0 Å². The molecule has 3 rings (SSSR count). The molecule has 0 radical (unpaired) electrons. The van der Waals surface area contributed by atoms with Gasteiger partial charge in [0.05, 0.1) is 11.4 Å². The summed E-state index contributed by atoms with van der Waals surface area (Å²) in [4.78, 5) is 16.3. The molecule has 0 aliphatic rings. The van der Waals surface area contributed by atoms with E-state index in [0.717, 1.165) is 11.2 Å². The van der Waals surface area contributed by atoms with Gasteiger partial charge in [-0.2, -0.15) is 0 Å². The van der Waals surface area contributed by atoms with Crippen molar-refractivity contribution in [3.63, 3.8) is 0 Å². The van der Waals surface area contributed by atoms with Crippen LogP contribution in [-0.4, -0.2) is 15.5 Å². The second kappa shape index (κ2) is 7.11. The lowest BCUT2D eigenvalue weighted by Crippen LogP contribution is -2.12. The fourth-order valence-electron chi connectivity index (χ4n) is 1.98. The quantitative estimate of drug-likeness (QED) is 0.683. The van der Waals surface area contributed by atoms with Crippen LogP contribution in [0.1, 0.15) is 16.3 Å². The molecule has 24 heavy (non-hydrogen) atoms. The smallest absolute Gasteiger partial charge is 0.291 e. The summed E-state index contributed by atoms with van der Waals surface area (Å²) in [6, 6.07) is 7.29. The van der Waals surface area contributed by atoms with Crippen molar-refractivity contribution in [3.8, 4) is 0 Å². The number of hydrogen-bond donors (Lipinski definition) is 1. The van der Waals surface area contributed by atoms with Gasteiger partial charge in [-0.3, -0.25) is 4.79 Å². The van der Waals surface area contributed by atoms with Crippen molar-refractivity contribution in [2.45, 2.75) is 10.9 Å². The molecular formula is C16H13ClFN3O2S. The number of hydrogen-bond acceptors (Lipinski definition) is 4. The Kier molecular flexibility index (Phi) is 4.92. The molecule has 0 saturated carbocycles. The van der Waals surface area contributed by atoms with Gasteiger partial charge in [-0.15, -0.1) is 0 Å². The first-order valence-electron chi connectivity index (χ1n) is 6.98. The molecule has 124 valence electrons. The van der Waals surface area contributed by atoms with Gasteiger partial charge < -0.3 is 14.3 Å². The third-order valence-corrected chi connectivity index (χ3v) is 4.50. The van der Waals surface area contributed by atoms with E-state index >= 15 is 0 Å². The van der Waals surface area contributed by atoms with Crippen molar-refractivity contribution in [3.05, 3.63) is 65.1 Å². The number of halogens is 2. The number of aryl methyl sites for hydroxylation is 1. The number of imidazole rings is 1. The minimum atomic E-state index is -0.604. The van der Waals surface area contributed by atoms with Crippen LogP contribution in [0.15, 0.2) is 52.3 Å². The molecule has 1 aromatic carbocycles. The minimum absolute atomic E-state index is 0.0461. The second-order valence-corrected chi connectivity index (χ2v) is 6.33. The Morgan fingerprint density at radius 1 is 1.42 bits per heavy atom. The van der Waals surface area contributed by atoms with Gasteiger partial charge in [-0.25, -0.2) is 9.37 Å². The van der Waals surface area contributed by atoms with Crippen LogP contribution in [0.5, 0.6) is 0 Å². The highest BCUT2D eigenvalue weighted by molar-refractivity contribution is 7.98. The summed E-state index contributed by atoms with van der Waals surface area (Å²) in [6.45, 7) is 0. The molecule has 1 amide bonds. The second-order valence-electron chi connectivity index (χ2n) is 4.95. The van der Waals surface area contributed by atoms with Gasteiger partial charge in [-0.05, 0) is 30.3 Å². The predicted octanol–water partition coefficient (Wildman–Crippen LogP) is 4.35. The zero-order valence-electron chi connectivity index (χ0n) is 12.6. The maximum Gasteiger partial charge on any atom is 0.291 e. The highest BCUT2D eigenvalue weighted by atomic mass is 35.5. The summed E-state index contributed by atoms with van der Waals surface area (Å²) in [5.41, 5.74) is 0.0461. The van der Waals surface area contributed by atoms with Gasteiger partial charge in [0.15, 0.2) is 10.9 Å². The minimum Gasteiger partial charge on any atom is -0.455 e. The Labute approximate surface area is 146 Å². The van der Waals surface area contributed by atoms with Gasteiger partial charge >= 0.3 is 0 Å². The van der Waals surface area contributed by atoms with Crippen molar-refractivity contribution in [2.75, 3.05) is 5.32 Å². The Bertz CT molecular complexity index is 878. The SMILES string of the molecule is Cn1ccnc1SCc1ccc(C(=O)Nc2ccc(Cl)cc2F)o1. The first-order chi connectivity index (χ1) is 11.5. The Balaban J connectivity index is 1.64. The third-order valence-electron chi connectivity index (χ3n) is 3.19. The maximum atomic E-state index is 13.7. The molecule has 0 unspecified atom stereocenters. The topological polar surface area (TPSA) is 60.1 Å². The van der Waals surface area contributed by atoms with Crippen molar-refractivity contribution in [1.82, 2.24) is 9.55 Å². The standard InChI is InChI=1S/C16H13ClFN3O2S/c1-21-7-6-19-16(21)24-9-11-3-5-14(23-11)15(22)20-13-4-2-10(17)8-12(13)18/h2-8H,9H2,1H3,(H,20,22). The number of nitrogens with zero attached hydrogens (tertiary/aromatic N) is 2.